The number of anilines is 1. The van der Waals surface area contributed by atoms with Crippen molar-refractivity contribution in [2.24, 2.45) is 0 Å². The molecule has 0 bridgehead atoms. The van der Waals surface area contributed by atoms with Gasteiger partial charge in [0.2, 0.25) is 0 Å². The average molecular weight is 235 g/mol. The van der Waals surface area contributed by atoms with E-state index in [0.717, 1.165) is 18.8 Å². The molecule has 1 aliphatic rings. The van der Waals surface area contributed by atoms with Crippen LogP contribution in [0.25, 0.3) is 0 Å². The Labute approximate surface area is 103 Å². The van der Waals surface area contributed by atoms with E-state index in [2.05, 4.69) is 11.8 Å². The second kappa shape index (κ2) is 5.39. The predicted molar refractivity (Wildman–Crippen MR) is 68.6 cm³/mol. The fourth-order valence-corrected chi connectivity index (χ4v) is 2.56. The van der Waals surface area contributed by atoms with Gasteiger partial charge in [0.05, 0.1) is 0 Å². The number of Topliss-reactive ketones (excluding diaryl/α,β-unsaturated/α-hetero) is 1. The molecule has 17 heavy (non-hydrogen) atoms. The topological polar surface area (TPSA) is 33.5 Å². The molecule has 1 fully saturated rings. The van der Waals surface area contributed by atoms with Gasteiger partial charge in [-0.15, -0.1) is 0 Å². The van der Waals surface area contributed by atoms with E-state index in [1.165, 1.54) is 25.7 Å². The van der Waals surface area contributed by atoms with Crippen LogP contribution in [0, 0.1) is 0 Å². The Bertz CT molecular complexity index is 383. The molecular formula is C14H21NO2. The van der Waals surface area contributed by atoms with E-state index in [4.69, 9.17) is 4.42 Å². The highest BCUT2D eigenvalue weighted by molar-refractivity contribution is 5.91. The SMILES string of the molecule is CCC1CCCCCN1c1ccc(C(C)=O)o1. The third-order valence-corrected chi connectivity index (χ3v) is 3.57. The number of rotatable bonds is 3. The van der Waals surface area contributed by atoms with Crippen molar-refractivity contribution in [2.75, 3.05) is 11.4 Å². The monoisotopic (exact) mass is 235 g/mol. The molecule has 3 heteroatoms. The standard InChI is InChI=1S/C14H21NO2/c1-3-12-7-5-4-6-10-15(12)14-9-8-13(17-14)11(2)16/h8-9,12H,3-7,10H2,1-2H3. The third-order valence-electron chi connectivity index (χ3n) is 3.57. The lowest BCUT2D eigenvalue weighted by Crippen LogP contribution is -2.33. The Morgan fingerprint density at radius 3 is 2.88 bits per heavy atom. The highest BCUT2D eigenvalue weighted by Gasteiger charge is 2.22. The summed E-state index contributed by atoms with van der Waals surface area (Å²) < 4.78 is 5.65. The molecule has 0 aliphatic carbocycles. The summed E-state index contributed by atoms with van der Waals surface area (Å²) in [6.45, 7) is 4.81. The van der Waals surface area contributed by atoms with E-state index in [9.17, 15) is 4.79 Å². The lowest BCUT2D eigenvalue weighted by Gasteiger charge is -2.28. The molecule has 1 aliphatic heterocycles. The summed E-state index contributed by atoms with van der Waals surface area (Å²) in [7, 11) is 0. The molecule has 0 saturated carbocycles. The van der Waals surface area contributed by atoms with Crippen molar-refractivity contribution < 1.29 is 9.21 Å². The number of nitrogens with zero attached hydrogens (tertiary/aromatic N) is 1. The summed E-state index contributed by atoms with van der Waals surface area (Å²) in [5.41, 5.74) is 0. The zero-order valence-corrected chi connectivity index (χ0v) is 10.7. The predicted octanol–water partition coefficient (Wildman–Crippen LogP) is 3.64. The lowest BCUT2D eigenvalue weighted by atomic mass is 10.1. The number of carbonyl (C=O) groups excluding carboxylic acids is 1. The van der Waals surface area contributed by atoms with Crippen LogP contribution in [0.3, 0.4) is 0 Å². The molecule has 0 aromatic carbocycles. The lowest BCUT2D eigenvalue weighted by molar-refractivity contribution is 0.0987. The molecular weight excluding hydrogens is 214 g/mol. The summed E-state index contributed by atoms with van der Waals surface area (Å²) in [5, 5.41) is 0. The van der Waals surface area contributed by atoms with Crippen LogP contribution in [0.5, 0.6) is 0 Å². The van der Waals surface area contributed by atoms with Crippen molar-refractivity contribution in [3.8, 4) is 0 Å². The van der Waals surface area contributed by atoms with E-state index in [-0.39, 0.29) is 5.78 Å². The summed E-state index contributed by atoms with van der Waals surface area (Å²) >= 11 is 0. The van der Waals surface area contributed by atoms with E-state index in [0.29, 0.717) is 11.8 Å². The van der Waals surface area contributed by atoms with E-state index in [1.807, 2.05) is 6.07 Å². The molecule has 0 amide bonds. The van der Waals surface area contributed by atoms with Gasteiger partial charge in [0.25, 0.3) is 0 Å². The van der Waals surface area contributed by atoms with Gasteiger partial charge in [-0.1, -0.05) is 19.8 Å². The van der Waals surface area contributed by atoms with Crippen molar-refractivity contribution in [3.63, 3.8) is 0 Å². The average Bonchev–Trinajstić information content (AvgIpc) is 2.68. The van der Waals surface area contributed by atoms with Crippen LogP contribution in [-0.2, 0) is 0 Å². The van der Waals surface area contributed by atoms with Crippen LogP contribution in [0.4, 0.5) is 5.88 Å². The highest BCUT2D eigenvalue weighted by Crippen LogP contribution is 2.27. The van der Waals surface area contributed by atoms with Crippen molar-refractivity contribution in [3.05, 3.63) is 17.9 Å². The van der Waals surface area contributed by atoms with E-state index < -0.39 is 0 Å². The van der Waals surface area contributed by atoms with Gasteiger partial charge < -0.3 is 9.32 Å². The Morgan fingerprint density at radius 2 is 2.24 bits per heavy atom. The molecule has 2 heterocycles. The zero-order chi connectivity index (χ0) is 12.3. The molecule has 0 N–H and O–H groups in total. The first-order valence-electron chi connectivity index (χ1n) is 6.59. The van der Waals surface area contributed by atoms with Gasteiger partial charge >= 0.3 is 0 Å². The Hall–Kier alpha value is -1.25. The molecule has 1 saturated heterocycles. The van der Waals surface area contributed by atoms with Crippen molar-refractivity contribution in [1.82, 2.24) is 0 Å². The fourth-order valence-electron chi connectivity index (χ4n) is 2.56. The summed E-state index contributed by atoms with van der Waals surface area (Å²) in [5.74, 6) is 1.34. The first-order valence-corrected chi connectivity index (χ1v) is 6.59. The molecule has 1 unspecified atom stereocenters. The molecule has 1 aromatic heterocycles. The third kappa shape index (κ3) is 2.71. The number of carbonyl (C=O) groups is 1. The van der Waals surface area contributed by atoms with Crippen LogP contribution < -0.4 is 4.90 Å². The molecule has 0 radical (unpaired) electrons. The van der Waals surface area contributed by atoms with Crippen molar-refractivity contribution in [1.29, 1.82) is 0 Å². The molecule has 1 atom stereocenters. The molecule has 0 spiro atoms. The zero-order valence-electron chi connectivity index (χ0n) is 10.7. The second-order valence-electron chi connectivity index (χ2n) is 4.80. The molecule has 94 valence electrons. The van der Waals surface area contributed by atoms with Gasteiger partial charge in [0.15, 0.2) is 17.4 Å². The van der Waals surface area contributed by atoms with Crippen LogP contribution >= 0.6 is 0 Å². The molecule has 3 nitrogen and oxygen atoms in total. The highest BCUT2D eigenvalue weighted by atomic mass is 16.4. The number of hydrogen-bond acceptors (Lipinski definition) is 3. The van der Waals surface area contributed by atoms with Gasteiger partial charge in [-0.2, -0.15) is 0 Å². The summed E-state index contributed by atoms with van der Waals surface area (Å²) in [6.07, 6.45) is 6.18. The minimum absolute atomic E-state index is 0.000814. The van der Waals surface area contributed by atoms with Crippen LogP contribution in [0.2, 0.25) is 0 Å². The Kier molecular flexibility index (Phi) is 3.87. The van der Waals surface area contributed by atoms with Gasteiger partial charge in [-0.3, -0.25) is 4.79 Å². The second-order valence-corrected chi connectivity index (χ2v) is 4.80. The summed E-state index contributed by atoms with van der Waals surface area (Å²) in [4.78, 5) is 13.6. The van der Waals surface area contributed by atoms with E-state index in [1.54, 1.807) is 13.0 Å². The first kappa shape index (κ1) is 12.2. The fraction of sp³-hybridized carbons (Fsp3) is 0.643. The van der Waals surface area contributed by atoms with Crippen LogP contribution in [-0.4, -0.2) is 18.4 Å². The van der Waals surface area contributed by atoms with Crippen LogP contribution in [0.15, 0.2) is 16.5 Å². The molecule has 2 rings (SSSR count). The normalized spacial score (nSPS) is 21.3. The summed E-state index contributed by atoms with van der Waals surface area (Å²) in [6, 6.07) is 4.28. The van der Waals surface area contributed by atoms with Crippen molar-refractivity contribution in [2.45, 2.75) is 52.0 Å². The number of hydrogen-bond donors (Lipinski definition) is 0. The Morgan fingerprint density at radius 1 is 1.41 bits per heavy atom. The smallest absolute Gasteiger partial charge is 0.196 e. The molecule has 1 aromatic rings. The maximum absolute atomic E-state index is 11.2. The Balaban J connectivity index is 2.19. The van der Waals surface area contributed by atoms with Gasteiger partial charge in [0.1, 0.15) is 0 Å². The van der Waals surface area contributed by atoms with Gasteiger partial charge in [0, 0.05) is 25.6 Å². The number of ketones is 1. The minimum atomic E-state index is -0.000814. The van der Waals surface area contributed by atoms with Gasteiger partial charge in [-0.05, 0) is 25.3 Å². The maximum atomic E-state index is 11.2. The largest absolute Gasteiger partial charge is 0.437 e. The quantitative estimate of drug-likeness (QED) is 0.750. The minimum Gasteiger partial charge on any atom is -0.437 e. The first-order chi connectivity index (χ1) is 8.22. The van der Waals surface area contributed by atoms with Crippen molar-refractivity contribution >= 4 is 11.7 Å². The van der Waals surface area contributed by atoms with Gasteiger partial charge in [-0.25, -0.2) is 0 Å². The maximum Gasteiger partial charge on any atom is 0.196 e. The van der Waals surface area contributed by atoms with E-state index >= 15 is 0 Å². The number of furan rings is 1. The van der Waals surface area contributed by atoms with Crippen LogP contribution in [0.1, 0.15) is 56.5 Å².